The van der Waals surface area contributed by atoms with Gasteiger partial charge in [0, 0.05) is 6.54 Å². The number of aromatic nitrogens is 3. The fraction of sp³-hybridized carbons (Fsp3) is 0.167. The minimum Gasteiger partial charge on any atom is -0.478 e. The van der Waals surface area contributed by atoms with E-state index in [2.05, 4.69) is 20.5 Å². The first-order valence-electron chi connectivity index (χ1n) is 5.84. The molecule has 1 aromatic heterocycles. The van der Waals surface area contributed by atoms with Gasteiger partial charge in [-0.2, -0.15) is 4.98 Å². The Morgan fingerprint density at radius 2 is 2.00 bits per heavy atom. The molecule has 104 valence electrons. The maximum absolute atomic E-state index is 11.6. The number of aromatic amines is 1. The van der Waals surface area contributed by atoms with Crippen LogP contribution < -0.4 is 11.1 Å². The smallest absolute Gasteiger partial charge is 0.335 e. The number of carbonyl (C=O) groups excluding carboxylic acids is 1. The molecule has 0 fully saturated rings. The molecular formula is C12H13N5O3. The third kappa shape index (κ3) is 3.31. The van der Waals surface area contributed by atoms with E-state index in [9.17, 15) is 9.59 Å². The molecule has 1 aromatic carbocycles. The number of hydrogen-bond acceptors (Lipinski definition) is 5. The van der Waals surface area contributed by atoms with E-state index in [1.807, 2.05) is 0 Å². The van der Waals surface area contributed by atoms with Gasteiger partial charge < -0.3 is 16.2 Å². The zero-order chi connectivity index (χ0) is 14.5. The molecule has 2 rings (SSSR count). The lowest BCUT2D eigenvalue weighted by Gasteiger charge is -2.03. The van der Waals surface area contributed by atoms with Crippen LogP contribution >= 0.6 is 0 Å². The number of nitrogens with one attached hydrogen (secondary N) is 2. The van der Waals surface area contributed by atoms with E-state index in [0.29, 0.717) is 13.0 Å². The summed E-state index contributed by atoms with van der Waals surface area (Å²) in [5, 5.41) is 17.4. The van der Waals surface area contributed by atoms with Crippen LogP contribution in [-0.4, -0.2) is 38.7 Å². The number of carbonyl (C=O) groups is 2. The molecule has 0 aliphatic carbocycles. The zero-order valence-electron chi connectivity index (χ0n) is 10.5. The van der Waals surface area contributed by atoms with Gasteiger partial charge in [0.05, 0.1) is 5.56 Å². The van der Waals surface area contributed by atoms with Gasteiger partial charge in [-0.1, -0.05) is 12.1 Å². The molecule has 0 aliphatic rings. The second-order valence-corrected chi connectivity index (χ2v) is 4.05. The van der Waals surface area contributed by atoms with Gasteiger partial charge in [-0.15, -0.1) is 5.10 Å². The van der Waals surface area contributed by atoms with Crippen molar-refractivity contribution >= 4 is 17.8 Å². The monoisotopic (exact) mass is 275 g/mol. The lowest BCUT2D eigenvalue weighted by Crippen LogP contribution is -2.26. The summed E-state index contributed by atoms with van der Waals surface area (Å²) >= 11 is 0. The van der Waals surface area contributed by atoms with E-state index in [-0.39, 0.29) is 17.3 Å². The summed E-state index contributed by atoms with van der Waals surface area (Å²) in [7, 11) is 0. The van der Waals surface area contributed by atoms with E-state index in [0.717, 1.165) is 5.56 Å². The van der Waals surface area contributed by atoms with Gasteiger partial charge in [-0.25, -0.2) is 4.79 Å². The Morgan fingerprint density at radius 1 is 1.30 bits per heavy atom. The van der Waals surface area contributed by atoms with Crippen LogP contribution in [0.1, 0.15) is 26.5 Å². The first-order chi connectivity index (χ1) is 9.56. The van der Waals surface area contributed by atoms with Gasteiger partial charge in [-0.3, -0.25) is 9.89 Å². The highest BCUT2D eigenvalue weighted by molar-refractivity contribution is 5.90. The van der Waals surface area contributed by atoms with E-state index >= 15 is 0 Å². The highest BCUT2D eigenvalue weighted by atomic mass is 16.4. The fourth-order valence-corrected chi connectivity index (χ4v) is 1.59. The van der Waals surface area contributed by atoms with Crippen LogP contribution in [0.3, 0.4) is 0 Å². The van der Waals surface area contributed by atoms with Crippen molar-refractivity contribution in [3.05, 3.63) is 41.2 Å². The van der Waals surface area contributed by atoms with Crippen LogP contribution in [0.2, 0.25) is 0 Å². The van der Waals surface area contributed by atoms with Crippen molar-refractivity contribution in [2.24, 2.45) is 0 Å². The Labute approximate surface area is 114 Å². The number of benzene rings is 1. The SMILES string of the molecule is Nc1n[nH]c(C(=O)NCCc2ccc(C(=O)O)cc2)n1. The standard InChI is InChI=1S/C12H13N5O3/c13-12-15-9(16-17-12)10(18)14-6-5-7-1-3-8(4-2-7)11(19)20/h1-4H,5-6H2,(H,14,18)(H,19,20)(H3,13,15,16,17). The quantitative estimate of drug-likeness (QED) is 0.609. The molecule has 0 aliphatic heterocycles. The summed E-state index contributed by atoms with van der Waals surface area (Å²) < 4.78 is 0. The van der Waals surface area contributed by atoms with Crippen molar-refractivity contribution in [2.75, 3.05) is 12.3 Å². The maximum atomic E-state index is 11.6. The lowest BCUT2D eigenvalue weighted by molar-refractivity contribution is 0.0696. The fourth-order valence-electron chi connectivity index (χ4n) is 1.59. The van der Waals surface area contributed by atoms with Crippen molar-refractivity contribution in [1.82, 2.24) is 20.5 Å². The molecule has 0 unspecified atom stereocenters. The molecule has 0 saturated carbocycles. The van der Waals surface area contributed by atoms with E-state index in [1.165, 1.54) is 12.1 Å². The predicted molar refractivity (Wildman–Crippen MR) is 70.2 cm³/mol. The number of H-pyrrole nitrogens is 1. The number of carboxylic acids is 1. The van der Waals surface area contributed by atoms with Crippen LogP contribution in [0.5, 0.6) is 0 Å². The molecule has 0 spiro atoms. The minimum atomic E-state index is -0.965. The molecule has 8 heteroatoms. The summed E-state index contributed by atoms with van der Waals surface area (Å²) in [4.78, 5) is 26.0. The molecule has 2 aromatic rings. The number of rotatable bonds is 5. The van der Waals surface area contributed by atoms with Crippen molar-refractivity contribution in [3.63, 3.8) is 0 Å². The van der Waals surface area contributed by atoms with Crippen LogP contribution in [0.15, 0.2) is 24.3 Å². The van der Waals surface area contributed by atoms with Gasteiger partial charge in [0.25, 0.3) is 5.91 Å². The predicted octanol–water partition coefficient (Wildman–Crippen LogP) is 0.0576. The van der Waals surface area contributed by atoms with Gasteiger partial charge in [0.1, 0.15) is 0 Å². The Bertz CT molecular complexity index is 620. The number of aromatic carboxylic acids is 1. The van der Waals surface area contributed by atoms with Crippen molar-refractivity contribution in [3.8, 4) is 0 Å². The summed E-state index contributed by atoms with van der Waals surface area (Å²) in [6.07, 6.45) is 0.579. The number of nitrogen functional groups attached to an aromatic ring is 1. The summed E-state index contributed by atoms with van der Waals surface area (Å²) in [5.41, 5.74) is 6.45. The molecule has 0 bridgehead atoms. The zero-order valence-corrected chi connectivity index (χ0v) is 10.5. The number of amides is 1. The third-order valence-electron chi connectivity index (χ3n) is 2.62. The van der Waals surface area contributed by atoms with Gasteiger partial charge in [0.2, 0.25) is 11.8 Å². The molecule has 1 amide bonds. The van der Waals surface area contributed by atoms with Crippen LogP contribution in [0.4, 0.5) is 5.95 Å². The van der Waals surface area contributed by atoms with Crippen LogP contribution in [-0.2, 0) is 6.42 Å². The summed E-state index contributed by atoms with van der Waals surface area (Å²) in [6.45, 7) is 0.395. The van der Waals surface area contributed by atoms with Gasteiger partial charge >= 0.3 is 5.97 Å². The largest absolute Gasteiger partial charge is 0.478 e. The average molecular weight is 275 g/mol. The first-order valence-corrected chi connectivity index (χ1v) is 5.84. The second kappa shape index (κ2) is 5.83. The van der Waals surface area contributed by atoms with E-state index in [4.69, 9.17) is 10.8 Å². The minimum absolute atomic E-state index is 0.0133. The number of hydrogen-bond donors (Lipinski definition) is 4. The topological polar surface area (TPSA) is 134 Å². The number of nitrogens with zero attached hydrogens (tertiary/aromatic N) is 2. The van der Waals surface area contributed by atoms with Crippen LogP contribution in [0, 0.1) is 0 Å². The number of anilines is 1. The van der Waals surface area contributed by atoms with Crippen molar-refractivity contribution in [1.29, 1.82) is 0 Å². The Morgan fingerprint density at radius 3 is 2.55 bits per heavy atom. The molecule has 0 saturated heterocycles. The molecule has 0 radical (unpaired) electrons. The van der Waals surface area contributed by atoms with Gasteiger partial charge in [0.15, 0.2) is 0 Å². The third-order valence-corrected chi connectivity index (χ3v) is 2.62. The Kier molecular flexibility index (Phi) is 3.94. The first kappa shape index (κ1) is 13.5. The summed E-state index contributed by atoms with van der Waals surface area (Å²) in [6, 6.07) is 6.47. The highest BCUT2D eigenvalue weighted by Crippen LogP contribution is 2.05. The molecule has 20 heavy (non-hydrogen) atoms. The average Bonchev–Trinajstić information content (AvgIpc) is 2.86. The Balaban J connectivity index is 1.83. The van der Waals surface area contributed by atoms with Crippen molar-refractivity contribution < 1.29 is 14.7 Å². The lowest BCUT2D eigenvalue weighted by atomic mass is 10.1. The molecule has 5 N–H and O–H groups in total. The normalized spacial score (nSPS) is 10.2. The maximum Gasteiger partial charge on any atom is 0.335 e. The number of nitrogens with two attached hydrogens (primary N) is 1. The Hall–Kier alpha value is -2.90. The summed E-state index contributed by atoms with van der Waals surface area (Å²) in [5.74, 6) is -1.28. The second-order valence-electron chi connectivity index (χ2n) is 4.05. The van der Waals surface area contributed by atoms with Crippen LogP contribution in [0.25, 0.3) is 0 Å². The highest BCUT2D eigenvalue weighted by Gasteiger charge is 2.09. The van der Waals surface area contributed by atoms with E-state index < -0.39 is 11.9 Å². The van der Waals surface area contributed by atoms with Crippen molar-refractivity contribution in [2.45, 2.75) is 6.42 Å². The van der Waals surface area contributed by atoms with Gasteiger partial charge in [-0.05, 0) is 24.1 Å². The molecule has 8 nitrogen and oxygen atoms in total. The number of carboxylic acid groups (broad SMARTS) is 1. The van der Waals surface area contributed by atoms with E-state index in [1.54, 1.807) is 12.1 Å². The molecular weight excluding hydrogens is 262 g/mol. The molecule has 0 atom stereocenters. The molecule has 1 heterocycles.